The molecule has 0 spiro atoms. The molecule has 110 valence electrons. The third kappa shape index (κ3) is 2.76. The van der Waals surface area contributed by atoms with Crippen LogP contribution in [0.15, 0.2) is 42.5 Å². The van der Waals surface area contributed by atoms with Crippen LogP contribution in [-0.4, -0.2) is 21.0 Å². The molecule has 0 saturated carbocycles. The maximum Gasteiger partial charge on any atom is 0.335 e. The van der Waals surface area contributed by atoms with Gasteiger partial charge in [0.25, 0.3) is 10.8 Å². The zero-order chi connectivity index (χ0) is 15.7. The van der Waals surface area contributed by atoms with Crippen LogP contribution in [0.4, 0.5) is 10.8 Å². The van der Waals surface area contributed by atoms with Crippen molar-refractivity contribution in [2.24, 2.45) is 0 Å². The van der Waals surface area contributed by atoms with Crippen LogP contribution >= 0.6 is 22.9 Å². The van der Waals surface area contributed by atoms with Crippen molar-refractivity contribution in [3.05, 3.63) is 58.0 Å². The lowest BCUT2D eigenvalue weighted by atomic mass is 10.2. The summed E-state index contributed by atoms with van der Waals surface area (Å²) in [6.45, 7) is 0. The summed E-state index contributed by atoms with van der Waals surface area (Å²) in [5.74, 6) is -0.446. The first-order valence-corrected chi connectivity index (χ1v) is 7.36. The standard InChI is InChI=1S/C14H8ClN3O3S/c15-9-6-5-8(7-11(9)18(20)21)13(19)17-14-16-10-3-1-2-4-12(10)22-14/h1-7H,(H-,16,17,19,20,21)/p+1. The fourth-order valence-electron chi connectivity index (χ4n) is 1.90. The fourth-order valence-corrected chi connectivity index (χ4v) is 2.95. The molecule has 0 unspecified atom stereocenters. The first-order chi connectivity index (χ1) is 10.5. The van der Waals surface area contributed by atoms with Crippen molar-refractivity contribution >= 4 is 49.9 Å². The molecule has 0 atom stereocenters. The van der Waals surface area contributed by atoms with Crippen molar-refractivity contribution in [3.8, 4) is 0 Å². The Morgan fingerprint density at radius 1 is 1.27 bits per heavy atom. The van der Waals surface area contributed by atoms with Crippen LogP contribution in [0.5, 0.6) is 0 Å². The van der Waals surface area contributed by atoms with E-state index in [1.807, 2.05) is 24.3 Å². The molecule has 0 saturated heterocycles. The molecule has 1 heterocycles. The van der Waals surface area contributed by atoms with Crippen LogP contribution in [0.1, 0.15) is 10.4 Å². The van der Waals surface area contributed by atoms with Gasteiger partial charge in [-0.1, -0.05) is 35.1 Å². The van der Waals surface area contributed by atoms with E-state index in [9.17, 15) is 9.70 Å². The van der Waals surface area contributed by atoms with Crippen molar-refractivity contribution in [2.75, 3.05) is 5.32 Å². The second kappa shape index (κ2) is 5.70. The molecule has 0 fully saturated rings. The minimum absolute atomic E-state index is 0.0500. The highest BCUT2D eigenvalue weighted by Crippen LogP contribution is 2.27. The third-order valence-electron chi connectivity index (χ3n) is 2.93. The Morgan fingerprint density at radius 3 is 2.77 bits per heavy atom. The van der Waals surface area contributed by atoms with Gasteiger partial charge in [0, 0.05) is 11.6 Å². The molecule has 0 aliphatic rings. The van der Waals surface area contributed by atoms with E-state index >= 15 is 0 Å². The zero-order valence-corrected chi connectivity index (χ0v) is 12.6. The Balaban J connectivity index is 1.88. The molecule has 0 aliphatic heterocycles. The molecule has 3 rings (SSSR count). The summed E-state index contributed by atoms with van der Waals surface area (Å²) in [5, 5.41) is 12.1. The summed E-state index contributed by atoms with van der Waals surface area (Å²) in [7, 11) is 0. The minimum Gasteiger partial charge on any atom is -0.298 e. The van der Waals surface area contributed by atoms with E-state index in [2.05, 4.69) is 10.3 Å². The second-order valence-electron chi connectivity index (χ2n) is 4.38. The Morgan fingerprint density at radius 2 is 2.05 bits per heavy atom. The van der Waals surface area contributed by atoms with E-state index in [0.717, 1.165) is 10.2 Å². The van der Waals surface area contributed by atoms with Gasteiger partial charge in [-0.25, -0.2) is 10.2 Å². The number of para-hydroxylation sites is 1. The summed E-state index contributed by atoms with van der Waals surface area (Å²) >= 11 is 7.11. The molecular formula is C14H9ClN3O3S+. The lowest BCUT2D eigenvalue weighted by Gasteiger charge is -2.01. The monoisotopic (exact) mass is 334 g/mol. The lowest BCUT2D eigenvalue weighted by Crippen LogP contribution is -2.12. The molecule has 22 heavy (non-hydrogen) atoms. The topological polar surface area (TPSA) is 82.3 Å². The number of anilines is 1. The number of carbonyl (C=O) groups excluding carboxylic acids is 1. The molecule has 0 aliphatic carbocycles. The van der Waals surface area contributed by atoms with Crippen molar-refractivity contribution in [1.29, 1.82) is 0 Å². The highest BCUT2D eigenvalue weighted by atomic mass is 35.5. The summed E-state index contributed by atoms with van der Waals surface area (Å²) in [6.07, 6.45) is 0. The average Bonchev–Trinajstić information content (AvgIpc) is 2.89. The normalized spacial score (nSPS) is 10.6. The van der Waals surface area contributed by atoms with Gasteiger partial charge in [0.2, 0.25) is 0 Å². The zero-order valence-electron chi connectivity index (χ0n) is 11.0. The van der Waals surface area contributed by atoms with Crippen LogP contribution in [0.2, 0.25) is 5.02 Å². The van der Waals surface area contributed by atoms with Gasteiger partial charge in [-0.2, -0.15) is 0 Å². The van der Waals surface area contributed by atoms with Crippen molar-refractivity contribution in [1.82, 2.24) is 4.98 Å². The molecule has 3 aromatic rings. The number of halogens is 1. The van der Waals surface area contributed by atoms with Gasteiger partial charge in [-0.05, 0) is 24.3 Å². The van der Waals surface area contributed by atoms with E-state index in [4.69, 9.17) is 16.8 Å². The maximum atomic E-state index is 12.2. The van der Waals surface area contributed by atoms with Crippen LogP contribution in [0.3, 0.4) is 0 Å². The Hall–Kier alpha value is -2.51. The molecule has 2 N–H and O–H groups in total. The third-order valence-corrected chi connectivity index (χ3v) is 4.20. The number of aromatic nitrogens is 1. The van der Waals surface area contributed by atoms with Gasteiger partial charge in [0.05, 0.1) is 15.1 Å². The number of hydrogen-bond donors (Lipinski definition) is 2. The summed E-state index contributed by atoms with van der Waals surface area (Å²) in [6, 6.07) is 11.5. The Bertz CT molecular complexity index is 861. The predicted octanol–water partition coefficient (Wildman–Crippen LogP) is 4.00. The molecular weight excluding hydrogens is 326 g/mol. The molecule has 2 aromatic carbocycles. The van der Waals surface area contributed by atoms with E-state index in [1.54, 1.807) is 0 Å². The molecule has 0 bridgehead atoms. The van der Waals surface area contributed by atoms with Crippen LogP contribution in [-0.2, 0) is 0 Å². The number of nitrogens with one attached hydrogen (secondary N) is 1. The molecule has 1 aromatic heterocycles. The second-order valence-corrected chi connectivity index (χ2v) is 5.82. The largest absolute Gasteiger partial charge is 0.335 e. The van der Waals surface area contributed by atoms with Crippen LogP contribution < -0.4 is 5.32 Å². The van der Waals surface area contributed by atoms with Gasteiger partial charge in [-0.3, -0.25) is 10.1 Å². The number of rotatable bonds is 3. The molecule has 0 radical (unpaired) electrons. The van der Waals surface area contributed by atoms with E-state index < -0.39 is 5.91 Å². The van der Waals surface area contributed by atoms with Crippen LogP contribution in [0, 0.1) is 4.91 Å². The quantitative estimate of drug-likeness (QED) is 0.709. The molecule has 8 heteroatoms. The first-order valence-electron chi connectivity index (χ1n) is 6.17. The molecule has 1 amide bonds. The SMILES string of the molecule is O=C(Nc1nc2ccccc2s1)c1ccc(Cl)c([N+](=O)O)c1. The highest BCUT2D eigenvalue weighted by Gasteiger charge is 2.20. The number of carbonyl (C=O) groups is 1. The number of fused-ring (bicyclic) bond motifs is 1. The fraction of sp³-hybridized carbons (Fsp3) is 0. The number of amides is 1. The average molecular weight is 335 g/mol. The van der Waals surface area contributed by atoms with Crippen molar-refractivity contribution in [2.45, 2.75) is 0 Å². The maximum absolute atomic E-state index is 12.2. The van der Waals surface area contributed by atoms with Crippen molar-refractivity contribution in [3.63, 3.8) is 0 Å². The smallest absolute Gasteiger partial charge is 0.298 e. The lowest BCUT2D eigenvalue weighted by molar-refractivity contribution is -0.729. The van der Waals surface area contributed by atoms with Crippen LogP contribution in [0.25, 0.3) is 10.2 Å². The molecule has 6 nitrogen and oxygen atoms in total. The number of nitrogens with zero attached hydrogens (tertiary/aromatic N) is 2. The van der Waals surface area contributed by atoms with Gasteiger partial charge in [0.1, 0.15) is 5.02 Å². The Kier molecular flexibility index (Phi) is 3.74. The first kappa shape index (κ1) is 14.4. The van der Waals surface area contributed by atoms with E-state index in [0.29, 0.717) is 5.13 Å². The summed E-state index contributed by atoms with van der Waals surface area (Å²) in [5.41, 5.74) is 0.785. The Labute approximate surface area is 133 Å². The number of benzene rings is 2. The van der Waals surface area contributed by atoms with E-state index in [-0.39, 0.29) is 21.2 Å². The summed E-state index contributed by atoms with van der Waals surface area (Å²) < 4.78 is 0.954. The number of thiazole rings is 1. The van der Waals surface area contributed by atoms with Crippen molar-refractivity contribution < 1.29 is 14.9 Å². The van der Waals surface area contributed by atoms with Gasteiger partial charge < -0.3 is 0 Å². The van der Waals surface area contributed by atoms with E-state index in [1.165, 1.54) is 29.5 Å². The minimum atomic E-state index is -0.446. The number of hydrogen-bond acceptors (Lipinski definition) is 4. The van der Waals surface area contributed by atoms with Gasteiger partial charge in [-0.15, -0.1) is 0 Å². The predicted molar refractivity (Wildman–Crippen MR) is 84.1 cm³/mol. The highest BCUT2D eigenvalue weighted by molar-refractivity contribution is 7.22. The summed E-state index contributed by atoms with van der Waals surface area (Å²) in [4.78, 5) is 27.1. The van der Waals surface area contributed by atoms with Gasteiger partial charge in [0.15, 0.2) is 5.13 Å². The van der Waals surface area contributed by atoms with Gasteiger partial charge >= 0.3 is 5.69 Å².